The number of hydrogen-bond donors (Lipinski definition) is 2. The van der Waals surface area contributed by atoms with Crippen LogP contribution in [-0.2, 0) is 6.42 Å². The van der Waals surface area contributed by atoms with Gasteiger partial charge in [0.05, 0.1) is 0 Å². The minimum Gasteiger partial charge on any atom is -0.316 e. The number of aryl methyl sites for hydroxylation is 1. The normalized spacial score (nSPS) is 13.2. The summed E-state index contributed by atoms with van der Waals surface area (Å²) in [4.78, 5) is 4.37. The molecule has 1 unspecified atom stereocenters. The first-order chi connectivity index (χ1) is 6.27. The largest absolute Gasteiger partial charge is 0.316 e. The fraction of sp³-hybridized carbons (Fsp3) is 0.778. The molecule has 4 heteroatoms. The predicted molar refractivity (Wildman–Crippen MR) is 52.7 cm³/mol. The molecular weight excluding hydrogens is 164 g/mol. The molecule has 74 valence electrons. The van der Waals surface area contributed by atoms with Gasteiger partial charge < -0.3 is 5.32 Å². The molecule has 1 aromatic rings. The summed E-state index contributed by atoms with van der Waals surface area (Å²) in [6.07, 6.45) is 0.918. The summed E-state index contributed by atoms with van der Waals surface area (Å²) in [7, 11) is 0. The van der Waals surface area contributed by atoms with Gasteiger partial charge in [0.2, 0.25) is 0 Å². The van der Waals surface area contributed by atoms with Gasteiger partial charge in [0.25, 0.3) is 0 Å². The van der Waals surface area contributed by atoms with Gasteiger partial charge in [-0.25, -0.2) is 4.98 Å². The Morgan fingerprint density at radius 3 is 2.77 bits per heavy atom. The summed E-state index contributed by atoms with van der Waals surface area (Å²) >= 11 is 0. The van der Waals surface area contributed by atoms with Gasteiger partial charge in [0.15, 0.2) is 5.82 Å². The topological polar surface area (TPSA) is 53.6 Å². The van der Waals surface area contributed by atoms with Gasteiger partial charge in [-0.2, -0.15) is 5.10 Å². The molecule has 13 heavy (non-hydrogen) atoms. The summed E-state index contributed by atoms with van der Waals surface area (Å²) in [5, 5.41) is 10.4. The Kier molecular flexibility index (Phi) is 3.89. The van der Waals surface area contributed by atoms with Crippen LogP contribution in [0.3, 0.4) is 0 Å². The van der Waals surface area contributed by atoms with E-state index in [4.69, 9.17) is 0 Å². The molecule has 1 heterocycles. The fourth-order valence-corrected chi connectivity index (χ4v) is 1.14. The molecule has 1 rings (SSSR count). The zero-order valence-electron chi connectivity index (χ0n) is 8.59. The van der Waals surface area contributed by atoms with E-state index in [9.17, 15) is 0 Å². The summed E-state index contributed by atoms with van der Waals surface area (Å²) in [6, 6.07) is 0. The number of aromatic nitrogens is 3. The molecule has 1 aromatic heterocycles. The molecule has 0 fully saturated rings. The lowest BCUT2D eigenvalue weighted by atomic mass is 10.2. The van der Waals surface area contributed by atoms with Gasteiger partial charge in [-0.1, -0.05) is 20.8 Å². The first-order valence-electron chi connectivity index (χ1n) is 4.89. The lowest BCUT2D eigenvalue weighted by Gasteiger charge is -2.06. The van der Waals surface area contributed by atoms with Crippen molar-refractivity contribution in [3.63, 3.8) is 0 Å². The van der Waals surface area contributed by atoms with Crippen molar-refractivity contribution in [2.75, 3.05) is 13.1 Å². The Hall–Kier alpha value is -0.900. The number of nitrogens with one attached hydrogen (secondary N) is 2. The molecule has 0 aliphatic heterocycles. The van der Waals surface area contributed by atoms with Crippen LogP contribution >= 0.6 is 0 Å². The first kappa shape index (κ1) is 10.2. The van der Waals surface area contributed by atoms with Gasteiger partial charge >= 0.3 is 0 Å². The Labute approximate surface area is 79.2 Å². The second kappa shape index (κ2) is 4.97. The minimum absolute atomic E-state index is 0.386. The van der Waals surface area contributed by atoms with E-state index in [1.54, 1.807) is 0 Å². The van der Waals surface area contributed by atoms with Crippen molar-refractivity contribution in [2.45, 2.75) is 33.1 Å². The summed E-state index contributed by atoms with van der Waals surface area (Å²) in [5.74, 6) is 2.27. The van der Waals surface area contributed by atoms with E-state index in [2.05, 4.69) is 41.3 Å². The van der Waals surface area contributed by atoms with Gasteiger partial charge in [-0.15, -0.1) is 0 Å². The van der Waals surface area contributed by atoms with Crippen LogP contribution in [0.4, 0.5) is 0 Å². The lowest BCUT2D eigenvalue weighted by molar-refractivity contribution is 0.609. The highest BCUT2D eigenvalue weighted by Crippen LogP contribution is 2.08. The van der Waals surface area contributed by atoms with E-state index in [1.807, 2.05) is 0 Å². The van der Waals surface area contributed by atoms with Crippen molar-refractivity contribution < 1.29 is 0 Å². The number of aromatic amines is 1. The molecule has 0 radical (unpaired) electrons. The molecule has 2 N–H and O–H groups in total. The molecule has 0 aromatic carbocycles. The van der Waals surface area contributed by atoms with Crippen molar-refractivity contribution in [3.05, 3.63) is 11.6 Å². The molecule has 0 aliphatic rings. The van der Waals surface area contributed by atoms with Crippen molar-refractivity contribution >= 4 is 0 Å². The number of H-pyrrole nitrogens is 1. The second-order valence-electron chi connectivity index (χ2n) is 3.20. The lowest BCUT2D eigenvalue weighted by Crippen LogP contribution is -2.20. The maximum Gasteiger partial charge on any atom is 0.154 e. The molecule has 0 saturated heterocycles. The summed E-state index contributed by atoms with van der Waals surface area (Å²) < 4.78 is 0. The molecule has 1 atom stereocenters. The van der Waals surface area contributed by atoms with E-state index >= 15 is 0 Å². The van der Waals surface area contributed by atoms with E-state index in [0.717, 1.165) is 31.2 Å². The third kappa shape index (κ3) is 2.81. The van der Waals surface area contributed by atoms with Crippen LogP contribution in [0.1, 0.15) is 38.3 Å². The Bertz CT molecular complexity index is 244. The zero-order chi connectivity index (χ0) is 9.68. The number of hydrogen-bond acceptors (Lipinski definition) is 3. The quantitative estimate of drug-likeness (QED) is 0.716. The number of rotatable bonds is 5. The monoisotopic (exact) mass is 182 g/mol. The standard InChI is InChI=1S/C9H18N4/c1-4-8-11-9(13-12-8)7(3)6-10-5-2/h7,10H,4-6H2,1-3H3,(H,11,12,13). The van der Waals surface area contributed by atoms with Gasteiger partial charge in [0.1, 0.15) is 5.82 Å². The third-order valence-electron chi connectivity index (χ3n) is 2.03. The van der Waals surface area contributed by atoms with Crippen LogP contribution in [0.25, 0.3) is 0 Å². The van der Waals surface area contributed by atoms with Crippen molar-refractivity contribution in [1.82, 2.24) is 20.5 Å². The average Bonchev–Trinajstić information content (AvgIpc) is 2.62. The number of nitrogens with zero attached hydrogens (tertiary/aromatic N) is 2. The maximum atomic E-state index is 4.37. The fourth-order valence-electron chi connectivity index (χ4n) is 1.14. The van der Waals surface area contributed by atoms with E-state index < -0.39 is 0 Å². The molecule has 0 amide bonds. The van der Waals surface area contributed by atoms with Crippen LogP contribution in [0.15, 0.2) is 0 Å². The van der Waals surface area contributed by atoms with Crippen LogP contribution in [0.5, 0.6) is 0 Å². The van der Waals surface area contributed by atoms with Crippen LogP contribution in [-0.4, -0.2) is 28.3 Å². The summed E-state index contributed by atoms with van der Waals surface area (Å²) in [5.41, 5.74) is 0. The molecule has 0 spiro atoms. The van der Waals surface area contributed by atoms with Gasteiger partial charge in [-0.3, -0.25) is 5.10 Å². The predicted octanol–water partition coefficient (Wildman–Crippen LogP) is 1.08. The van der Waals surface area contributed by atoms with Crippen LogP contribution < -0.4 is 5.32 Å². The zero-order valence-corrected chi connectivity index (χ0v) is 8.59. The van der Waals surface area contributed by atoms with Crippen molar-refractivity contribution in [2.24, 2.45) is 0 Å². The van der Waals surface area contributed by atoms with E-state index in [-0.39, 0.29) is 0 Å². The minimum atomic E-state index is 0.386. The molecule has 0 bridgehead atoms. The number of likely N-dealkylation sites (N-methyl/N-ethyl adjacent to an activating group) is 1. The highest BCUT2D eigenvalue weighted by atomic mass is 15.2. The Balaban J connectivity index is 2.50. The summed E-state index contributed by atoms with van der Waals surface area (Å²) in [6.45, 7) is 8.24. The SMILES string of the molecule is CCNCC(C)c1n[nH]c(CC)n1. The average molecular weight is 182 g/mol. The molecule has 0 aliphatic carbocycles. The van der Waals surface area contributed by atoms with Crippen molar-refractivity contribution in [3.8, 4) is 0 Å². The van der Waals surface area contributed by atoms with E-state index in [1.165, 1.54) is 0 Å². The van der Waals surface area contributed by atoms with Crippen molar-refractivity contribution in [1.29, 1.82) is 0 Å². The molecular formula is C9H18N4. The van der Waals surface area contributed by atoms with Crippen LogP contribution in [0.2, 0.25) is 0 Å². The first-order valence-corrected chi connectivity index (χ1v) is 4.89. The van der Waals surface area contributed by atoms with Gasteiger partial charge in [-0.05, 0) is 6.54 Å². The third-order valence-corrected chi connectivity index (χ3v) is 2.03. The Morgan fingerprint density at radius 1 is 1.46 bits per heavy atom. The highest BCUT2D eigenvalue weighted by Gasteiger charge is 2.09. The smallest absolute Gasteiger partial charge is 0.154 e. The van der Waals surface area contributed by atoms with Gasteiger partial charge in [0, 0.05) is 18.9 Å². The highest BCUT2D eigenvalue weighted by molar-refractivity contribution is 4.96. The maximum absolute atomic E-state index is 4.37. The molecule has 4 nitrogen and oxygen atoms in total. The van der Waals surface area contributed by atoms with E-state index in [0.29, 0.717) is 5.92 Å². The van der Waals surface area contributed by atoms with Crippen LogP contribution in [0, 0.1) is 0 Å². The second-order valence-corrected chi connectivity index (χ2v) is 3.20. The Morgan fingerprint density at radius 2 is 2.23 bits per heavy atom. The molecule has 0 saturated carbocycles.